The minimum Gasteiger partial charge on any atom is -0.379 e. The molecule has 0 atom stereocenters. The number of hydrogen-bond acceptors (Lipinski definition) is 2. The van der Waals surface area contributed by atoms with Gasteiger partial charge in [-0.2, -0.15) is 5.26 Å². The van der Waals surface area contributed by atoms with Crippen LogP contribution in [-0.4, -0.2) is 13.2 Å². The summed E-state index contributed by atoms with van der Waals surface area (Å²) in [6.07, 6.45) is 0. The Balaban J connectivity index is 2.57. The van der Waals surface area contributed by atoms with Gasteiger partial charge in [0, 0.05) is 10.6 Å². The van der Waals surface area contributed by atoms with Gasteiger partial charge in [0.1, 0.15) is 5.82 Å². The number of ether oxygens (including phenoxy) is 1. The smallest absolute Gasteiger partial charge is 0.127 e. The van der Waals surface area contributed by atoms with Crippen molar-refractivity contribution in [2.24, 2.45) is 5.41 Å². The average Bonchev–Trinajstić information content (AvgIpc) is 2.21. The Morgan fingerprint density at radius 1 is 1.47 bits per heavy atom. The minimum atomic E-state index is -0.698. The van der Waals surface area contributed by atoms with Crippen molar-refractivity contribution >= 4 is 11.6 Å². The minimum absolute atomic E-state index is 0.332. The quantitative estimate of drug-likeness (QED) is 0.810. The third-order valence-corrected chi connectivity index (χ3v) is 3.85. The zero-order valence-electron chi connectivity index (χ0n) is 9.76. The van der Waals surface area contributed by atoms with Gasteiger partial charge >= 0.3 is 0 Å². The molecular formula is C13H13ClFNO. The summed E-state index contributed by atoms with van der Waals surface area (Å²) in [6, 6.07) is 6.68. The van der Waals surface area contributed by atoms with Crippen molar-refractivity contribution in [2.75, 3.05) is 13.2 Å². The van der Waals surface area contributed by atoms with Crippen LogP contribution in [0.5, 0.6) is 0 Å². The zero-order valence-corrected chi connectivity index (χ0v) is 10.5. The topological polar surface area (TPSA) is 33.0 Å². The van der Waals surface area contributed by atoms with Gasteiger partial charge in [-0.05, 0) is 32.0 Å². The van der Waals surface area contributed by atoms with Crippen LogP contribution in [0.25, 0.3) is 0 Å². The molecule has 0 spiro atoms. The van der Waals surface area contributed by atoms with Crippen molar-refractivity contribution in [3.05, 3.63) is 34.6 Å². The van der Waals surface area contributed by atoms with E-state index in [0.717, 1.165) is 0 Å². The summed E-state index contributed by atoms with van der Waals surface area (Å²) in [4.78, 5) is 0. The van der Waals surface area contributed by atoms with E-state index in [1.54, 1.807) is 19.9 Å². The Bertz CT molecular complexity index is 489. The Kier molecular flexibility index (Phi) is 2.89. The van der Waals surface area contributed by atoms with E-state index in [2.05, 4.69) is 6.07 Å². The SMILES string of the molecule is CC(C)(C#N)C1(c2cc(Cl)ccc2F)COC1. The summed E-state index contributed by atoms with van der Waals surface area (Å²) in [5, 5.41) is 9.73. The first-order valence-corrected chi connectivity index (χ1v) is 5.75. The second-order valence-corrected chi connectivity index (χ2v) is 5.37. The molecule has 1 aliphatic rings. The fraction of sp³-hybridized carbons (Fsp3) is 0.462. The normalized spacial score (nSPS) is 18.3. The van der Waals surface area contributed by atoms with E-state index in [1.807, 2.05) is 0 Å². The number of hydrogen-bond donors (Lipinski definition) is 0. The molecule has 90 valence electrons. The molecule has 1 fully saturated rings. The van der Waals surface area contributed by atoms with Crippen LogP contribution in [-0.2, 0) is 10.2 Å². The number of rotatable bonds is 2. The molecule has 0 saturated carbocycles. The molecule has 0 aliphatic carbocycles. The summed E-state index contributed by atoms with van der Waals surface area (Å²) in [6.45, 7) is 4.31. The van der Waals surface area contributed by atoms with Crippen molar-refractivity contribution in [1.82, 2.24) is 0 Å². The Morgan fingerprint density at radius 3 is 2.59 bits per heavy atom. The van der Waals surface area contributed by atoms with Crippen LogP contribution in [0.2, 0.25) is 5.02 Å². The highest BCUT2D eigenvalue weighted by Crippen LogP contribution is 2.48. The summed E-state index contributed by atoms with van der Waals surface area (Å²) in [7, 11) is 0. The van der Waals surface area contributed by atoms with Gasteiger partial charge in [0.05, 0.1) is 30.1 Å². The molecule has 0 unspecified atom stereocenters. The van der Waals surface area contributed by atoms with E-state index >= 15 is 0 Å². The highest BCUT2D eigenvalue weighted by atomic mass is 35.5. The Hall–Kier alpha value is -1.11. The van der Waals surface area contributed by atoms with Crippen LogP contribution in [0.15, 0.2) is 18.2 Å². The summed E-state index contributed by atoms with van der Waals surface area (Å²) >= 11 is 5.91. The molecule has 2 nitrogen and oxygen atoms in total. The summed E-state index contributed by atoms with van der Waals surface area (Å²) in [5.74, 6) is -0.332. The van der Waals surface area contributed by atoms with Crippen LogP contribution in [0.1, 0.15) is 19.4 Å². The molecule has 0 bridgehead atoms. The standard InChI is InChI=1S/C13H13ClFNO/c1-12(2,6-16)13(7-17-8-13)10-5-9(14)3-4-11(10)15/h3-5H,7-8H2,1-2H3. The molecule has 0 aromatic heterocycles. The van der Waals surface area contributed by atoms with Gasteiger partial charge in [-0.25, -0.2) is 4.39 Å². The van der Waals surface area contributed by atoms with Crippen LogP contribution in [0, 0.1) is 22.6 Å². The second kappa shape index (κ2) is 3.97. The van der Waals surface area contributed by atoms with Crippen molar-refractivity contribution in [1.29, 1.82) is 5.26 Å². The van der Waals surface area contributed by atoms with Crippen molar-refractivity contribution in [3.8, 4) is 6.07 Å². The summed E-state index contributed by atoms with van der Waals surface area (Å²) < 4.78 is 19.1. The highest BCUT2D eigenvalue weighted by molar-refractivity contribution is 6.30. The molecule has 17 heavy (non-hydrogen) atoms. The maximum atomic E-state index is 13.9. The number of nitriles is 1. The monoisotopic (exact) mass is 253 g/mol. The van der Waals surface area contributed by atoms with E-state index in [4.69, 9.17) is 16.3 Å². The molecule has 0 N–H and O–H groups in total. The van der Waals surface area contributed by atoms with Crippen molar-refractivity contribution < 1.29 is 9.13 Å². The fourth-order valence-corrected chi connectivity index (χ4v) is 2.30. The maximum Gasteiger partial charge on any atom is 0.127 e. The zero-order chi connectivity index (χ0) is 12.7. The third-order valence-electron chi connectivity index (χ3n) is 3.62. The number of nitrogens with zero attached hydrogens (tertiary/aromatic N) is 1. The Labute approximate surface area is 105 Å². The molecule has 1 saturated heterocycles. The van der Waals surface area contributed by atoms with E-state index in [-0.39, 0.29) is 5.82 Å². The molecule has 1 aromatic rings. The molecule has 0 amide bonds. The van der Waals surface area contributed by atoms with E-state index in [9.17, 15) is 9.65 Å². The van der Waals surface area contributed by atoms with Gasteiger partial charge in [0.15, 0.2) is 0 Å². The lowest BCUT2D eigenvalue weighted by Crippen LogP contribution is -2.56. The predicted octanol–water partition coefficient (Wildman–Crippen LogP) is 3.30. The maximum absolute atomic E-state index is 13.9. The van der Waals surface area contributed by atoms with Gasteiger partial charge in [0.25, 0.3) is 0 Å². The lowest BCUT2D eigenvalue weighted by molar-refractivity contribution is -0.104. The van der Waals surface area contributed by atoms with Crippen LogP contribution >= 0.6 is 11.6 Å². The van der Waals surface area contributed by atoms with E-state index in [1.165, 1.54) is 12.1 Å². The first-order chi connectivity index (χ1) is 7.93. The summed E-state index contributed by atoms with van der Waals surface area (Å²) in [5.41, 5.74) is -0.823. The van der Waals surface area contributed by atoms with Crippen LogP contribution < -0.4 is 0 Å². The molecule has 0 radical (unpaired) electrons. The van der Waals surface area contributed by atoms with Gasteiger partial charge in [-0.1, -0.05) is 11.6 Å². The highest BCUT2D eigenvalue weighted by Gasteiger charge is 2.54. The number of benzene rings is 1. The molecule has 1 aliphatic heterocycles. The molecule has 4 heteroatoms. The average molecular weight is 254 g/mol. The second-order valence-electron chi connectivity index (χ2n) is 4.94. The molecular weight excluding hydrogens is 241 g/mol. The van der Waals surface area contributed by atoms with Gasteiger partial charge in [-0.3, -0.25) is 0 Å². The first kappa shape index (κ1) is 12.3. The predicted molar refractivity (Wildman–Crippen MR) is 63.3 cm³/mol. The van der Waals surface area contributed by atoms with Gasteiger partial charge < -0.3 is 4.74 Å². The third kappa shape index (κ3) is 1.72. The lowest BCUT2D eigenvalue weighted by atomic mass is 9.61. The lowest BCUT2D eigenvalue weighted by Gasteiger charge is -2.49. The van der Waals surface area contributed by atoms with Crippen LogP contribution in [0.3, 0.4) is 0 Å². The Morgan fingerprint density at radius 2 is 2.12 bits per heavy atom. The number of halogens is 2. The van der Waals surface area contributed by atoms with E-state index < -0.39 is 10.8 Å². The van der Waals surface area contributed by atoms with Crippen molar-refractivity contribution in [3.63, 3.8) is 0 Å². The van der Waals surface area contributed by atoms with Gasteiger partial charge in [0.2, 0.25) is 0 Å². The fourth-order valence-electron chi connectivity index (χ4n) is 2.13. The largest absolute Gasteiger partial charge is 0.379 e. The molecule has 1 aromatic carbocycles. The van der Waals surface area contributed by atoms with Crippen molar-refractivity contribution in [2.45, 2.75) is 19.3 Å². The van der Waals surface area contributed by atoms with E-state index in [0.29, 0.717) is 23.8 Å². The molecule has 2 rings (SSSR count). The van der Waals surface area contributed by atoms with Gasteiger partial charge in [-0.15, -0.1) is 0 Å². The molecule has 1 heterocycles. The first-order valence-electron chi connectivity index (χ1n) is 5.37. The van der Waals surface area contributed by atoms with Crippen LogP contribution in [0.4, 0.5) is 4.39 Å².